The zero-order chi connectivity index (χ0) is 15.6. The van der Waals surface area contributed by atoms with Gasteiger partial charge >= 0.3 is 5.97 Å². The summed E-state index contributed by atoms with van der Waals surface area (Å²) in [6.07, 6.45) is 2.62. The van der Waals surface area contributed by atoms with E-state index in [1.54, 1.807) is 0 Å². The first-order valence-electron chi connectivity index (χ1n) is 6.52. The summed E-state index contributed by atoms with van der Waals surface area (Å²) in [5.41, 5.74) is -0.637. The molecule has 0 atom stereocenters. The monoisotopic (exact) mass is 349 g/mol. The average Bonchev–Trinajstić information content (AvgIpc) is 2.85. The molecule has 4 nitrogen and oxygen atoms in total. The largest absolute Gasteiger partial charge is 0.481 e. The van der Waals surface area contributed by atoms with E-state index < -0.39 is 11.4 Å². The Labute approximate surface area is 137 Å². The molecule has 0 aromatic heterocycles. The third-order valence-electron chi connectivity index (χ3n) is 3.80. The number of amides is 1. The second kappa shape index (κ2) is 6.42. The molecule has 0 unspecified atom stereocenters. The molecule has 0 spiro atoms. The molecule has 7 heteroatoms. The van der Waals surface area contributed by atoms with Crippen molar-refractivity contribution in [2.45, 2.75) is 32.1 Å². The Balaban J connectivity index is 2.12. The van der Waals surface area contributed by atoms with Crippen LogP contribution in [-0.2, 0) is 9.59 Å². The van der Waals surface area contributed by atoms with Crippen molar-refractivity contribution in [1.82, 2.24) is 0 Å². The molecule has 0 bridgehead atoms. The second-order valence-electron chi connectivity index (χ2n) is 5.26. The van der Waals surface area contributed by atoms with Gasteiger partial charge in [-0.25, -0.2) is 0 Å². The van der Waals surface area contributed by atoms with Crippen LogP contribution in [0, 0.1) is 5.41 Å². The summed E-state index contributed by atoms with van der Waals surface area (Å²) in [6, 6.07) is 2.88. The van der Waals surface area contributed by atoms with Crippen LogP contribution >= 0.6 is 34.8 Å². The highest BCUT2D eigenvalue weighted by Gasteiger charge is 2.43. The number of carboxylic acids is 1. The highest BCUT2D eigenvalue weighted by Crippen LogP contribution is 2.42. The average molecular weight is 351 g/mol. The van der Waals surface area contributed by atoms with Crippen molar-refractivity contribution in [2.75, 3.05) is 5.32 Å². The third kappa shape index (κ3) is 3.62. The molecule has 1 aliphatic carbocycles. The quantitative estimate of drug-likeness (QED) is 0.779. The maximum atomic E-state index is 12.1. The fourth-order valence-electron chi connectivity index (χ4n) is 2.64. The van der Waals surface area contributed by atoms with Crippen molar-refractivity contribution in [3.05, 3.63) is 27.2 Å². The van der Waals surface area contributed by atoms with Gasteiger partial charge in [0.15, 0.2) is 0 Å². The van der Waals surface area contributed by atoms with Gasteiger partial charge in [-0.3, -0.25) is 9.59 Å². The van der Waals surface area contributed by atoms with Gasteiger partial charge in [-0.2, -0.15) is 0 Å². The molecule has 0 saturated heterocycles. The van der Waals surface area contributed by atoms with Crippen LogP contribution in [0.1, 0.15) is 32.1 Å². The summed E-state index contributed by atoms with van der Waals surface area (Å²) in [6.45, 7) is 0. The number of nitrogens with one attached hydrogen (secondary N) is 1. The molecule has 1 aliphatic rings. The Hall–Kier alpha value is -0.970. The van der Waals surface area contributed by atoms with Crippen molar-refractivity contribution in [3.63, 3.8) is 0 Å². The van der Waals surface area contributed by atoms with Crippen molar-refractivity contribution >= 4 is 52.4 Å². The van der Waals surface area contributed by atoms with Gasteiger partial charge in [0, 0.05) is 6.42 Å². The van der Waals surface area contributed by atoms with Crippen molar-refractivity contribution in [3.8, 4) is 0 Å². The van der Waals surface area contributed by atoms with Gasteiger partial charge in [0.1, 0.15) is 0 Å². The van der Waals surface area contributed by atoms with Gasteiger partial charge in [0.25, 0.3) is 0 Å². The van der Waals surface area contributed by atoms with Crippen LogP contribution in [0.15, 0.2) is 12.1 Å². The minimum Gasteiger partial charge on any atom is -0.481 e. The number of aliphatic carboxylic acids is 1. The van der Waals surface area contributed by atoms with E-state index in [0.29, 0.717) is 18.5 Å². The first-order chi connectivity index (χ1) is 9.84. The lowest BCUT2D eigenvalue weighted by Gasteiger charge is -2.23. The van der Waals surface area contributed by atoms with Gasteiger partial charge in [-0.1, -0.05) is 47.6 Å². The summed E-state index contributed by atoms with van der Waals surface area (Å²) in [5.74, 6) is -1.31. The van der Waals surface area contributed by atoms with E-state index in [0.717, 1.165) is 12.8 Å². The van der Waals surface area contributed by atoms with E-state index >= 15 is 0 Å². The molecule has 1 aromatic carbocycles. The third-order valence-corrected chi connectivity index (χ3v) is 4.83. The molecule has 114 valence electrons. The number of carbonyl (C=O) groups excluding carboxylic acids is 1. The van der Waals surface area contributed by atoms with E-state index in [-0.39, 0.29) is 27.4 Å². The Bertz CT molecular complexity index is 583. The zero-order valence-corrected chi connectivity index (χ0v) is 13.4. The van der Waals surface area contributed by atoms with Crippen molar-refractivity contribution < 1.29 is 14.7 Å². The molecule has 0 radical (unpaired) electrons. The molecule has 2 N–H and O–H groups in total. The molecule has 1 fully saturated rings. The molecule has 21 heavy (non-hydrogen) atoms. The fourth-order valence-corrected chi connectivity index (χ4v) is 3.23. The van der Waals surface area contributed by atoms with Crippen LogP contribution in [0.25, 0.3) is 0 Å². The lowest BCUT2D eigenvalue weighted by Crippen LogP contribution is -2.32. The van der Waals surface area contributed by atoms with Crippen LogP contribution < -0.4 is 5.32 Å². The van der Waals surface area contributed by atoms with Crippen LogP contribution in [0.2, 0.25) is 15.1 Å². The summed E-state index contributed by atoms with van der Waals surface area (Å²) >= 11 is 17.7. The van der Waals surface area contributed by atoms with E-state index in [2.05, 4.69) is 5.32 Å². The molecule has 0 heterocycles. The SMILES string of the molecule is O=C(CC1(C(=O)O)CCCC1)Nc1cc(Cl)c(Cl)cc1Cl. The Morgan fingerprint density at radius 2 is 1.67 bits per heavy atom. The van der Waals surface area contributed by atoms with Gasteiger partial charge < -0.3 is 10.4 Å². The summed E-state index contributed by atoms with van der Waals surface area (Å²) in [4.78, 5) is 23.5. The smallest absolute Gasteiger partial charge is 0.310 e. The van der Waals surface area contributed by atoms with Gasteiger partial charge in [-0.15, -0.1) is 0 Å². The number of carboxylic acid groups (broad SMARTS) is 1. The van der Waals surface area contributed by atoms with Crippen molar-refractivity contribution in [2.24, 2.45) is 5.41 Å². The minimum atomic E-state index is -0.965. The van der Waals surface area contributed by atoms with E-state index in [9.17, 15) is 14.7 Å². The van der Waals surface area contributed by atoms with E-state index in [4.69, 9.17) is 34.8 Å². The predicted octanol–water partition coefficient (Wildman–Crippen LogP) is 4.62. The minimum absolute atomic E-state index is 0.0705. The zero-order valence-electron chi connectivity index (χ0n) is 11.1. The number of anilines is 1. The maximum Gasteiger partial charge on any atom is 0.310 e. The Kier molecular flexibility index (Phi) is 5.02. The summed E-state index contributed by atoms with van der Waals surface area (Å²) in [7, 11) is 0. The Morgan fingerprint density at radius 1 is 1.10 bits per heavy atom. The van der Waals surface area contributed by atoms with Crippen LogP contribution in [0.5, 0.6) is 0 Å². The van der Waals surface area contributed by atoms with Gasteiger partial charge in [0.05, 0.1) is 26.2 Å². The van der Waals surface area contributed by atoms with Crippen molar-refractivity contribution in [1.29, 1.82) is 0 Å². The van der Waals surface area contributed by atoms with E-state index in [1.807, 2.05) is 0 Å². The first kappa shape index (κ1) is 16.4. The summed E-state index contributed by atoms with van der Waals surface area (Å²) in [5, 5.41) is 12.8. The Morgan fingerprint density at radius 3 is 2.24 bits per heavy atom. The number of hydrogen-bond donors (Lipinski definition) is 2. The standard InChI is InChI=1S/C14H14Cl3NO3/c15-8-5-10(17)11(6-9(8)16)18-12(19)7-14(13(20)21)3-1-2-4-14/h5-6H,1-4,7H2,(H,18,19)(H,20,21). The van der Waals surface area contributed by atoms with Crippen LogP contribution in [0.3, 0.4) is 0 Å². The topological polar surface area (TPSA) is 66.4 Å². The molecule has 1 aromatic rings. The number of halogens is 3. The number of hydrogen-bond acceptors (Lipinski definition) is 2. The fraction of sp³-hybridized carbons (Fsp3) is 0.429. The molecule has 0 aliphatic heterocycles. The first-order valence-corrected chi connectivity index (χ1v) is 7.65. The lowest BCUT2D eigenvalue weighted by molar-refractivity contribution is -0.150. The normalized spacial score (nSPS) is 16.7. The van der Waals surface area contributed by atoms with Crippen LogP contribution in [-0.4, -0.2) is 17.0 Å². The van der Waals surface area contributed by atoms with Gasteiger partial charge in [0.2, 0.25) is 5.91 Å². The van der Waals surface area contributed by atoms with Gasteiger partial charge in [-0.05, 0) is 25.0 Å². The molecular formula is C14H14Cl3NO3. The lowest BCUT2D eigenvalue weighted by atomic mass is 9.82. The highest BCUT2D eigenvalue weighted by molar-refractivity contribution is 6.44. The van der Waals surface area contributed by atoms with Crippen LogP contribution in [0.4, 0.5) is 5.69 Å². The number of benzene rings is 1. The number of carbonyl (C=O) groups is 2. The molecular weight excluding hydrogens is 337 g/mol. The van der Waals surface area contributed by atoms with E-state index in [1.165, 1.54) is 12.1 Å². The maximum absolute atomic E-state index is 12.1. The number of rotatable bonds is 4. The predicted molar refractivity (Wildman–Crippen MR) is 83.3 cm³/mol. The molecule has 1 amide bonds. The summed E-state index contributed by atoms with van der Waals surface area (Å²) < 4.78 is 0. The molecule has 1 saturated carbocycles. The second-order valence-corrected chi connectivity index (χ2v) is 6.49. The molecule has 2 rings (SSSR count). The highest BCUT2D eigenvalue weighted by atomic mass is 35.5.